The molecule has 5 nitrogen and oxygen atoms in total. The van der Waals surface area contributed by atoms with E-state index in [1.54, 1.807) is 11.9 Å². The molecule has 1 aliphatic carbocycles. The summed E-state index contributed by atoms with van der Waals surface area (Å²) < 4.78 is 5.55. The van der Waals surface area contributed by atoms with E-state index in [4.69, 9.17) is 9.84 Å². The number of carboxylic acid groups (broad SMARTS) is 1. The van der Waals surface area contributed by atoms with Gasteiger partial charge in [0, 0.05) is 7.05 Å². The molecule has 0 heterocycles. The molecule has 0 saturated heterocycles. The number of aliphatic carboxylic acids is 1. The minimum absolute atomic E-state index is 0.0865. The number of nitrogens with zero attached hydrogens (tertiary/aromatic N) is 1. The summed E-state index contributed by atoms with van der Waals surface area (Å²) in [6.07, 6.45) is 2.07. The lowest BCUT2D eigenvalue weighted by Crippen LogP contribution is -2.38. The lowest BCUT2D eigenvalue weighted by molar-refractivity contribution is -0.148. The third-order valence-electron chi connectivity index (χ3n) is 3.97. The summed E-state index contributed by atoms with van der Waals surface area (Å²) in [6.45, 7) is 0.854. The molecule has 1 amide bonds. The van der Waals surface area contributed by atoms with Crippen LogP contribution < -0.4 is 4.74 Å². The minimum Gasteiger partial charge on any atom is -0.492 e. The van der Waals surface area contributed by atoms with Crippen LogP contribution in [-0.4, -0.2) is 42.1 Å². The molecule has 1 aromatic carbocycles. The van der Waals surface area contributed by atoms with Crippen molar-refractivity contribution in [3.05, 3.63) is 30.3 Å². The molecule has 5 heteroatoms. The van der Waals surface area contributed by atoms with Gasteiger partial charge in [0.2, 0.25) is 5.91 Å². The molecule has 0 radical (unpaired) electrons. The summed E-state index contributed by atoms with van der Waals surface area (Å²) in [4.78, 5) is 25.0. The molecule has 0 bridgehead atoms. The highest BCUT2D eigenvalue weighted by Crippen LogP contribution is 2.33. The van der Waals surface area contributed by atoms with Gasteiger partial charge in [0.15, 0.2) is 0 Å². The zero-order chi connectivity index (χ0) is 15.2. The van der Waals surface area contributed by atoms with E-state index in [0.29, 0.717) is 26.0 Å². The first-order chi connectivity index (χ1) is 10.1. The molecular weight excluding hydrogens is 270 g/mol. The molecule has 0 aliphatic heterocycles. The van der Waals surface area contributed by atoms with Crippen molar-refractivity contribution in [3.63, 3.8) is 0 Å². The fourth-order valence-electron chi connectivity index (χ4n) is 2.76. The van der Waals surface area contributed by atoms with Crippen LogP contribution in [0.2, 0.25) is 0 Å². The molecule has 114 valence electrons. The number of benzene rings is 1. The van der Waals surface area contributed by atoms with Crippen LogP contribution in [0.15, 0.2) is 30.3 Å². The molecule has 1 aliphatic rings. The van der Waals surface area contributed by atoms with Crippen molar-refractivity contribution in [2.45, 2.75) is 19.3 Å². The summed E-state index contributed by atoms with van der Waals surface area (Å²) >= 11 is 0. The first kappa shape index (κ1) is 15.4. The number of para-hydroxylation sites is 1. The van der Waals surface area contributed by atoms with Gasteiger partial charge in [-0.3, -0.25) is 9.59 Å². The Labute approximate surface area is 124 Å². The number of carboxylic acids is 1. The molecule has 2 atom stereocenters. The van der Waals surface area contributed by atoms with Crippen LogP contribution in [0, 0.1) is 11.8 Å². The van der Waals surface area contributed by atoms with Crippen molar-refractivity contribution in [3.8, 4) is 5.75 Å². The summed E-state index contributed by atoms with van der Waals surface area (Å²) in [5, 5.41) is 9.14. The van der Waals surface area contributed by atoms with Gasteiger partial charge in [0.05, 0.1) is 18.4 Å². The van der Waals surface area contributed by atoms with Gasteiger partial charge in [-0.05, 0) is 25.0 Å². The van der Waals surface area contributed by atoms with Crippen molar-refractivity contribution in [2.75, 3.05) is 20.2 Å². The maximum atomic E-state index is 12.3. The van der Waals surface area contributed by atoms with Gasteiger partial charge in [-0.2, -0.15) is 0 Å². The highest BCUT2D eigenvalue weighted by atomic mass is 16.5. The fraction of sp³-hybridized carbons (Fsp3) is 0.500. The van der Waals surface area contributed by atoms with Gasteiger partial charge >= 0.3 is 5.97 Å². The predicted octanol–water partition coefficient (Wildman–Crippen LogP) is 2.02. The third-order valence-corrected chi connectivity index (χ3v) is 3.97. The van der Waals surface area contributed by atoms with Crippen LogP contribution in [0.1, 0.15) is 19.3 Å². The quantitative estimate of drug-likeness (QED) is 0.871. The third kappa shape index (κ3) is 3.97. The van der Waals surface area contributed by atoms with Gasteiger partial charge in [-0.1, -0.05) is 24.6 Å². The second-order valence-electron chi connectivity index (χ2n) is 5.40. The van der Waals surface area contributed by atoms with E-state index in [2.05, 4.69) is 0 Å². The molecule has 1 fully saturated rings. The van der Waals surface area contributed by atoms with E-state index < -0.39 is 11.9 Å². The van der Waals surface area contributed by atoms with Gasteiger partial charge in [0.1, 0.15) is 12.4 Å². The van der Waals surface area contributed by atoms with Gasteiger partial charge in [0.25, 0.3) is 0 Å². The van der Waals surface area contributed by atoms with E-state index in [9.17, 15) is 9.59 Å². The predicted molar refractivity (Wildman–Crippen MR) is 78.0 cm³/mol. The zero-order valence-corrected chi connectivity index (χ0v) is 12.2. The van der Waals surface area contributed by atoms with Crippen LogP contribution in [0.3, 0.4) is 0 Å². The summed E-state index contributed by atoms with van der Waals surface area (Å²) in [6, 6.07) is 9.41. The smallest absolute Gasteiger partial charge is 0.307 e. The van der Waals surface area contributed by atoms with Crippen LogP contribution in [-0.2, 0) is 9.59 Å². The SMILES string of the molecule is CN(CCOc1ccccc1)C(=O)C1CCCC1C(=O)O. The lowest BCUT2D eigenvalue weighted by atomic mass is 9.95. The van der Waals surface area contributed by atoms with Crippen molar-refractivity contribution in [1.82, 2.24) is 4.90 Å². The Kier molecular flexibility index (Phi) is 5.20. The Morgan fingerprint density at radius 1 is 1.24 bits per heavy atom. The zero-order valence-electron chi connectivity index (χ0n) is 12.2. The van der Waals surface area contributed by atoms with Crippen molar-refractivity contribution in [1.29, 1.82) is 0 Å². The molecular formula is C16H21NO4. The average molecular weight is 291 g/mol. The second-order valence-corrected chi connectivity index (χ2v) is 5.40. The Bertz CT molecular complexity index is 488. The monoisotopic (exact) mass is 291 g/mol. The second kappa shape index (κ2) is 7.11. The fourth-order valence-corrected chi connectivity index (χ4v) is 2.76. The van der Waals surface area contributed by atoms with Gasteiger partial charge in [-0.25, -0.2) is 0 Å². The summed E-state index contributed by atoms with van der Waals surface area (Å²) in [5.74, 6) is -1.10. The Morgan fingerprint density at radius 3 is 2.57 bits per heavy atom. The Balaban J connectivity index is 1.81. The molecule has 21 heavy (non-hydrogen) atoms. The Hall–Kier alpha value is -2.04. The van der Waals surface area contributed by atoms with Crippen LogP contribution in [0.25, 0.3) is 0 Å². The highest BCUT2D eigenvalue weighted by molar-refractivity contribution is 5.85. The van der Waals surface area contributed by atoms with E-state index >= 15 is 0 Å². The van der Waals surface area contributed by atoms with Gasteiger partial charge in [-0.15, -0.1) is 0 Å². The Morgan fingerprint density at radius 2 is 1.90 bits per heavy atom. The molecule has 1 N–H and O–H groups in total. The van der Waals surface area contributed by atoms with E-state index in [0.717, 1.165) is 12.2 Å². The highest BCUT2D eigenvalue weighted by Gasteiger charge is 2.38. The largest absolute Gasteiger partial charge is 0.492 e. The molecule has 1 aromatic rings. The number of hydrogen-bond acceptors (Lipinski definition) is 3. The van der Waals surface area contributed by atoms with Crippen molar-refractivity contribution < 1.29 is 19.4 Å². The number of hydrogen-bond donors (Lipinski definition) is 1. The first-order valence-electron chi connectivity index (χ1n) is 7.25. The molecule has 2 rings (SSSR count). The maximum absolute atomic E-state index is 12.3. The number of ether oxygens (including phenoxy) is 1. The number of likely N-dealkylation sites (N-methyl/N-ethyl adjacent to an activating group) is 1. The number of rotatable bonds is 6. The standard InChI is InChI=1S/C16H21NO4/c1-17(10-11-21-12-6-3-2-4-7-12)15(18)13-8-5-9-14(13)16(19)20/h2-4,6-7,13-14H,5,8-11H2,1H3,(H,19,20). The maximum Gasteiger partial charge on any atom is 0.307 e. The van der Waals surface area contributed by atoms with Crippen molar-refractivity contribution in [2.24, 2.45) is 11.8 Å². The normalized spacial score (nSPS) is 21.0. The number of carbonyl (C=O) groups excluding carboxylic acids is 1. The van der Waals surface area contributed by atoms with Crippen molar-refractivity contribution >= 4 is 11.9 Å². The lowest BCUT2D eigenvalue weighted by Gasteiger charge is -2.23. The van der Waals surface area contributed by atoms with E-state index in [-0.39, 0.29) is 11.8 Å². The number of carbonyl (C=O) groups is 2. The molecule has 0 spiro atoms. The topological polar surface area (TPSA) is 66.8 Å². The minimum atomic E-state index is -0.861. The van der Waals surface area contributed by atoms with Crippen LogP contribution >= 0.6 is 0 Å². The van der Waals surface area contributed by atoms with E-state index in [1.165, 1.54) is 0 Å². The molecule has 0 aromatic heterocycles. The molecule has 1 saturated carbocycles. The first-order valence-corrected chi connectivity index (χ1v) is 7.25. The van der Waals surface area contributed by atoms with Crippen LogP contribution in [0.4, 0.5) is 0 Å². The van der Waals surface area contributed by atoms with Gasteiger partial charge < -0.3 is 14.7 Å². The number of amides is 1. The average Bonchev–Trinajstić information content (AvgIpc) is 2.97. The van der Waals surface area contributed by atoms with E-state index in [1.807, 2.05) is 30.3 Å². The summed E-state index contributed by atoms with van der Waals surface area (Å²) in [5.41, 5.74) is 0. The summed E-state index contributed by atoms with van der Waals surface area (Å²) in [7, 11) is 1.70. The van der Waals surface area contributed by atoms with Crippen LogP contribution in [0.5, 0.6) is 5.75 Å². The molecule has 2 unspecified atom stereocenters.